The molecule has 1 atom stereocenters. The zero-order valence-corrected chi connectivity index (χ0v) is 17.8. The van der Waals surface area contributed by atoms with E-state index in [1.54, 1.807) is 31.4 Å². The topological polar surface area (TPSA) is 75.7 Å². The molecule has 0 unspecified atom stereocenters. The number of amides is 1. The number of hydrogen-bond donors (Lipinski definition) is 1. The van der Waals surface area contributed by atoms with Gasteiger partial charge in [-0.1, -0.05) is 27.7 Å². The molecule has 7 heteroatoms. The number of nitrogens with zero attached hydrogens (tertiary/aromatic N) is 1. The molecular formula is C20H32N2O4S. The van der Waals surface area contributed by atoms with Crippen LogP contribution in [0.3, 0.4) is 0 Å². The number of rotatable bonds is 7. The van der Waals surface area contributed by atoms with Crippen LogP contribution in [0, 0.1) is 17.8 Å². The highest BCUT2D eigenvalue weighted by Crippen LogP contribution is 2.25. The fourth-order valence-corrected chi connectivity index (χ4v) is 5.18. The van der Waals surface area contributed by atoms with Crippen molar-refractivity contribution in [1.29, 1.82) is 0 Å². The maximum Gasteiger partial charge on any atom is 0.243 e. The Kier molecular flexibility index (Phi) is 7.28. The summed E-state index contributed by atoms with van der Waals surface area (Å²) in [6.07, 6.45) is 1.39. The number of benzene rings is 1. The number of piperidine rings is 1. The van der Waals surface area contributed by atoms with E-state index >= 15 is 0 Å². The van der Waals surface area contributed by atoms with Crippen LogP contribution < -0.4 is 10.1 Å². The standard InChI is InChI=1S/C20H32N2O4S/c1-14(2)19(15(3)4)21-20(23)16-7-6-12-22(13-16)27(24,25)18-10-8-17(26-5)9-11-18/h8-11,14-16,19H,6-7,12-13H2,1-5H3,(H,21,23)/t16-/m0/s1. The van der Waals surface area contributed by atoms with Crippen molar-refractivity contribution in [2.45, 2.75) is 51.5 Å². The van der Waals surface area contributed by atoms with Crippen LogP contribution in [0.15, 0.2) is 29.2 Å². The van der Waals surface area contributed by atoms with Crippen LogP contribution in [0.5, 0.6) is 5.75 Å². The molecule has 1 saturated heterocycles. The summed E-state index contributed by atoms with van der Waals surface area (Å²) in [5.41, 5.74) is 0. The highest BCUT2D eigenvalue weighted by atomic mass is 32.2. The second kappa shape index (κ2) is 9.06. The van der Waals surface area contributed by atoms with Crippen LogP contribution in [-0.2, 0) is 14.8 Å². The van der Waals surface area contributed by atoms with E-state index in [0.717, 1.165) is 0 Å². The van der Waals surface area contributed by atoms with Gasteiger partial charge in [-0.15, -0.1) is 0 Å². The fourth-order valence-electron chi connectivity index (χ4n) is 3.66. The van der Waals surface area contributed by atoms with Gasteiger partial charge in [-0.25, -0.2) is 8.42 Å². The van der Waals surface area contributed by atoms with Crippen LogP contribution in [0.2, 0.25) is 0 Å². The Morgan fingerprint density at radius 3 is 2.26 bits per heavy atom. The first-order chi connectivity index (χ1) is 12.7. The number of ether oxygens (including phenoxy) is 1. The van der Waals surface area contributed by atoms with E-state index in [2.05, 4.69) is 33.0 Å². The van der Waals surface area contributed by atoms with E-state index in [4.69, 9.17) is 4.74 Å². The third-order valence-corrected chi connectivity index (χ3v) is 7.08. The minimum atomic E-state index is -3.62. The van der Waals surface area contributed by atoms with Crippen LogP contribution in [0.1, 0.15) is 40.5 Å². The number of methoxy groups -OCH3 is 1. The molecule has 0 spiro atoms. The molecule has 1 aromatic carbocycles. The summed E-state index contributed by atoms with van der Waals surface area (Å²) >= 11 is 0. The average molecular weight is 397 g/mol. The molecule has 1 aromatic rings. The van der Waals surface area contributed by atoms with Crippen molar-refractivity contribution >= 4 is 15.9 Å². The second-order valence-corrected chi connectivity index (χ2v) is 9.84. The van der Waals surface area contributed by atoms with E-state index in [1.165, 1.54) is 4.31 Å². The molecule has 1 amide bonds. The lowest BCUT2D eigenvalue weighted by Crippen LogP contribution is -2.49. The van der Waals surface area contributed by atoms with Gasteiger partial charge >= 0.3 is 0 Å². The first-order valence-electron chi connectivity index (χ1n) is 9.61. The normalized spacial score (nSPS) is 18.9. The van der Waals surface area contributed by atoms with Gasteiger partial charge < -0.3 is 10.1 Å². The zero-order chi connectivity index (χ0) is 20.2. The van der Waals surface area contributed by atoms with Crippen molar-refractivity contribution in [3.63, 3.8) is 0 Å². The average Bonchev–Trinajstić information content (AvgIpc) is 2.65. The molecule has 0 radical (unpaired) electrons. The van der Waals surface area contributed by atoms with Gasteiger partial charge in [-0.05, 0) is 48.9 Å². The summed E-state index contributed by atoms with van der Waals surface area (Å²) in [5.74, 6) is 0.912. The molecule has 6 nitrogen and oxygen atoms in total. The Morgan fingerprint density at radius 2 is 1.74 bits per heavy atom. The SMILES string of the molecule is COc1ccc(S(=O)(=O)N2CCC[C@H](C(=O)NC(C(C)C)C(C)C)C2)cc1. The molecular weight excluding hydrogens is 364 g/mol. The van der Waals surface area contributed by atoms with Gasteiger partial charge in [-0.3, -0.25) is 4.79 Å². The Labute approximate surface area is 163 Å². The third-order valence-electron chi connectivity index (χ3n) is 5.20. The van der Waals surface area contributed by atoms with Gasteiger partial charge in [0.1, 0.15) is 5.75 Å². The highest BCUT2D eigenvalue weighted by molar-refractivity contribution is 7.89. The lowest BCUT2D eigenvalue weighted by Gasteiger charge is -2.33. The third kappa shape index (κ3) is 5.23. The van der Waals surface area contributed by atoms with Gasteiger partial charge in [0, 0.05) is 19.1 Å². The predicted octanol–water partition coefficient (Wildman–Crippen LogP) is 2.89. The summed E-state index contributed by atoms with van der Waals surface area (Å²) in [7, 11) is -2.08. The largest absolute Gasteiger partial charge is 0.497 e. The quantitative estimate of drug-likeness (QED) is 0.769. The molecule has 1 aliphatic rings. The van der Waals surface area contributed by atoms with Crippen LogP contribution in [-0.4, -0.2) is 44.9 Å². The van der Waals surface area contributed by atoms with Gasteiger partial charge in [0.2, 0.25) is 15.9 Å². The van der Waals surface area contributed by atoms with Crippen LogP contribution in [0.4, 0.5) is 0 Å². The molecule has 27 heavy (non-hydrogen) atoms. The van der Waals surface area contributed by atoms with Crippen molar-refractivity contribution in [2.24, 2.45) is 17.8 Å². The van der Waals surface area contributed by atoms with Gasteiger partial charge in [0.05, 0.1) is 17.9 Å². The van der Waals surface area contributed by atoms with Crippen LogP contribution in [0.25, 0.3) is 0 Å². The predicted molar refractivity (Wildman–Crippen MR) is 106 cm³/mol. The summed E-state index contributed by atoms with van der Waals surface area (Å²) in [4.78, 5) is 13.0. The highest BCUT2D eigenvalue weighted by Gasteiger charge is 2.34. The number of hydrogen-bond acceptors (Lipinski definition) is 4. The summed E-state index contributed by atoms with van der Waals surface area (Å²) < 4.78 is 32.4. The number of carbonyl (C=O) groups excluding carboxylic acids is 1. The maximum atomic E-state index is 12.9. The van der Waals surface area contributed by atoms with Crippen molar-refractivity contribution < 1.29 is 17.9 Å². The van der Waals surface area contributed by atoms with E-state index in [0.29, 0.717) is 37.0 Å². The lowest BCUT2D eigenvalue weighted by atomic mass is 9.91. The molecule has 0 bridgehead atoms. The molecule has 152 valence electrons. The Balaban J connectivity index is 2.10. The van der Waals surface area contributed by atoms with Gasteiger partial charge in [-0.2, -0.15) is 4.31 Å². The first-order valence-corrected chi connectivity index (χ1v) is 11.1. The van der Waals surface area contributed by atoms with Crippen LogP contribution >= 0.6 is 0 Å². The minimum absolute atomic E-state index is 0.0444. The van der Waals surface area contributed by atoms with Gasteiger partial charge in [0.25, 0.3) is 0 Å². The molecule has 1 fully saturated rings. The maximum absolute atomic E-state index is 12.9. The monoisotopic (exact) mass is 396 g/mol. The van der Waals surface area contributed by atoms with Crippen molar-refractivity contribution in [2.75, 3.05) is 20.2 Å². The molecule has 1 heterocycles. The summed E-state index contributed by atoms with van der Waals surface area (Å²) in [5, 5.41) is 3.14. The molecule has 0 saturated carbocycles. The van der Waals surface area contributed by atoms with E-state index in [9.17, 15) is 13.2 Å². The summed E-state index contributed by atoms with van der Waals surface area (Å²) in [6.45, 7) is 9.02. The zero-order valence-electron chi connectivity index (χ0n) is 16.9. The molecule has 0 aliphatic carbocycles. The second-order valence-electron chi connectivity index (χ2n) is 7.90. The Morgan fingerprint density at radius 1 is 1.15 bits per heavy atom. The molecule has 1 N–H and O–H groups in total. The molecule has 2 rings (SSSR count). The number of carbonyl (C=O) groups is 1. The molecule has 0 aromatic heterocycles. The van der Waals surface area contributed by atoms with Gasteiger partial charge in [0.15, 0.2) is 0 Å². The van der Waals surface area contributed by atoms with Crippen molar-refractivity contribution in [3.8, 4) is 5.75 Å². The number of nitrogens with one attached hydrogen (secondary N) is 1. The number of sulfonamides is 1. The summed E-state index contributed by atoms with van der Waals surface area (Å²) in [6, 6.07) is 6.45. The molecule has 1 aliphatic heterocycles. The van der Waals surface area contributed by atoms with Crippen molar-refractivity contribution in [3.05, 3.63) is 24.3 Å². The van der Waals surface area contributed by atoms with E-state index < -0.39 is 10.0 Å². The Bertz CT molecular complexity index is 721. The van der Waals surface area contributed by atoms with Crippen molar-refractivity contribution in [1.82, 2.24) is 9.62 Å². The van der Waals surface area contributed by atoms with E-state index in [-0.39, 0.29) is 29.3 Å². The lowest BCUT2D eigenvalue weighted by molar-refractivity contribution is -0.127. The van der Waals surface area contributed by atoms with E-state index in [1.807, 2.05) is 0 Å². The fraction of sp³-hybridized carbons (Fsp3) is 0.650. The smallest absolute Gasteiger partial charge is 0.243 e. The minimum Gasteiger partial charge on any atom is -0.497 e. The first kappa shape index (κ1) is 21.7. The Hall–Kier alpha value is -1.60.